The Hall–Kier alpha value is -2.22. The van der Waals surface area contributed by atoms with Gasteiger partial charge >= 0.3 is 0 Å². The standard InChI is InChI=1S/C12H20N8/c1-8(2)9(3)7-14-10-16-11(19-13)18-12(17-10)20-6-4-5-15-20/h4-6,8-9H,7,13H2,1-3H3,(H2,14,16,17,18,19). The Balaban J connectivity index is 2.18. The van der Waals surface area contributed by atoms with Crippen LogP contribution in [0.15, 0.2) is 18.5 Å². The second-order valence-electron chi connectivity index (χ2n) is 4.98. The van der Waals surface area contributed by atoms with Crippen LogP contribution in [0.4, 0.5) is 11.9 Å². The fraction of sp³-hybridized carbons (Fsp3) is 0.500. The van der Waals surface area contributed by atoms with Gasteiger partial charge in [-0.15, -0.1) is 0 Å². The lowest BCUT2D eigenvalue weighted by Gasteiger charge is -2.16. The Morgan fingerprint density at radius 2 is 1.95 bits per heavy atom. The molecule has 4 N–H and O–H groups in total. The molecular weight excluding hydrogens is 256 g/mol. The molecule has 2 aromatic rings. The smallest absolute Gasteiger partial charge is 0.257 e. The zero-order valence-corrected chi connectivity index (χ0v) is 11.9. The monoisotopic (exact) mass is 276 g/mol. The second kappa shape index (κ2) is 6.29. The van der Waals surface area contributed by atoms with Crippen LogP contribution in [0.2, 0.25) is 0 Å². The molecule has 1 unspecified atom stereocenters. The van der Waals surface area contributed by atoms with Gasteiger partial charge in [-0.25, -0.2) is 10.5 Å². The average Bonchev–Trinajstić information content (AvgIpc) is 2.98. The SMILES string of the molecule is CC(C)C(C)CNc1nc(NN)nc(-n2cccn2)n1. The summed E-state index contributed by atoms with van der Waals surface area (Å²) >= 11 is 0. The molecule has 0 fully saturated rings. The maximum atomic E-state index is 5.38. The van der Waals surface area contributed by atoms with Crippen LogP contribution in [0, 0.1) is 11.8 Å². The predicted octanol–water partition coefficient (Wildman–Crippen LogP) is 1.05. The van der Waals surface area contributed by atoms with Crippen molar-refractivity contribution in [1.82, 2.24) is 24.7 Å². The van der Waals surface area contributed by atoms with Gasteiger partial charge in [-0.3, -0.25) is 5.43 Å². The zero-order chi connectivity index (χ0) is 14.5. The Morgan fingerprint density at radius 1 is 1.20 bits per heavy atom. The predicted molar refractivity (Wildman–Crippen MR) is 77.3 cm³/mol. The summed E-state index contributed by atoms with van der Waals surface area (Å²) in [6.07, 6.45) is 3.42. The molecule has 0 bridgehead atoms. The molecule has 2 rings (SSSR count). The molecule has 0 aliphatic rings. The summed E-state index contributed by atoms with van der Waals surface area (Å²) < 4.78 is 1.56. The van der Waals surface area contributed by atoms with Crippen molar-refractivity contribution in [3.63, 3.8) is 0 Å². The van der Waals surface area contributed by atoms with E-state index in [-0.39, 0.29) is 0 Å². The van der Waals surface area contributed by atoms with Crippen LogP contribution in [0.25, 0.3) is 5.95 Å². The van der Waals surface area contributed by atoms with Crippen LogP contribution in [0.5, 0.6) is 0 Å². The van der Waals surface area contributed by atoms with Gasteiger partial charge in [0.25, 0.3) is 5.95 Å². The molecule has 108 valence electrons. The first-order valence-corrected chi connectivity index (χ1v) is 6.56. The molecule has 0 aliphatic carbocycles. The molecule has 2 heterocycles. The zero-order valence-electron chi connectivity index (χ0n) is 11.9. The van der Waals surface area contributed by atoms with Gasteiger partial charge in [0.05, 0.1) is 0 Å². The Morgan fingerprint density at radius 3 is 2.55 bits per heavy atom. The lowest BCUT2D eigenvalue weighted by atomic mass is 9.98. The van der Waals surface area contributed by atoms with Gasteiger partial charge in [0.15, 0.2) is 0 Å². The number of rotatable bonds is 6. The van der Waals surface area contributed by atoms with E-state index in [0.29, 0.717) is 29.7 Å². The summed E-state index contributed by atoms with van der Waals surface area (Å²) in [5.74, 6) is 7.67. The van der Waals surface area contributed by atoms with Gasteiger partial charge in [0.1, 0.15) is 0 Å². The van der Waals surface area contributed by atoms with Crippen LogP contribution >= 0.6 is 0 Å². The largest absolute Gasteiger partial charge is 0.354 e. The molecule has 20 heavy (non-hydrogen) atoms. The lowest BCUT2D eigenvalue weighted by molar-refractivity contribution is 0.439. The average molecular weight is 276 g/mol. The molecule has 0 saturated carbocycles. The molecule has 0 radical (unpaired) electrons. The lowest BCUT2D eigenvalue weighted by Crippen LogP contribution is -2.20. The third-order valence-electron chi connectivity index (χ3n) is 3.18. The normalized spacial score (nSPS) is 12.4. The number of nitrogens with zero attached hydrogens (tertiary/aromatic N) is 5. The van der Waals surface area contributed by atoms with Gasteiger partial charge in [-0.1, -0.05) is 20.8 Å². The van der Waals surface area contributed by atoms with Crippen molar-refractivity contribution in [3.8, 4) is 5.95 Å². The molecule has 8 nitrogen and oxygen atoms in total. The van der Waals surface area contributed by atoms with E-state index >= 15 is 0 Å². The minimum absolute atomic E-state index is 0.296. The van der Waals surface area contributed by atoms with Crippen LogP contribution in [0.3, 0.4) is 0 Å². The van der Waals surface area contributed by atoms with Crippen molar-refractivity contribution in [3.05, 3.63) is 18.5 Å². The number of hydrogen-bond donors (Lipinski definition) is 3. The highest BCUT2D eigenvalue weighted by atomic mass is 15.4. The maximum Gasteiger partial charge on any atom is 0.257 e. The Kier molecular flexibility index (Phi) is 4.46. The van der Waals surface area contributed by atoms with Gasteiger partial charge in [0.2, 0.25) is 11.9 Å². The van der Waals surface area contributed by atoms with Crippen molar-refractivity contribution >= 4 is 11.9 Å². The number of aromatic nitrogens is 5. The summed E-state index contributed by atoms with van der Waals surface area (Å²) in [5.41, 5.74) is 2.44. The van der Waals surface area contributed by atoms with E-state index in [2.05, 4.69) is 51.6 Å². The highest BCUT2D eigenvalue weighted by Crippen LogP contribution is 2.12. The fourth-order valence-corrected chi connectivity index (χ4v) is 1.49. The van der Waals surface area contributed by atoms with Crippen LogP contribution in [-0.4, -0.2) is 31.3 Å². The van der Waals surface area contributed by atoms with Crippen LogP contribution in [0.1, 0.15) is 20.8 Å². The van der Waals surface area contributed by atoms with Gasteiger partial charge in [-0.05, 0) is 17.9 Å². The fourth-order valence-electron chi connectivity index (χ4n) is 1.49. The number of nitrogens with two attached hydrogens (primary N) is 1. The van der Waals surface area contributed by atoms with Crippen molar-refractivity contribution < 1.29 is 0 Å². The molecule has 1 atom stereocenters. The molecular formula is C12H20N8. The van der Waals surface area contributed by atoms with Crippen molar-refractivity contribution in [2.75, 3.05) is 17.3 Å². The number of nitrogens with one attached hydrogen (secondary N) is 2. The quantitative estimate of drug-likeness (QED) is 0.534. The first-order valence-electron chi connectivity index (χ1n) is 6.56. The summed E-state index contributed by atoms with van der Waals surface area (Å²) in [7, 11) is 0. The van der Waals surface area contributed by atoms with E-state index in [4.69, 9.17) is 5.84 Å². The highest BCUT2D eigenvalue weighted by Gasteiger charge is 2.10. The molecule has 0 saturated heterocycles. The maximum absolute atomic E-state index is 5.38. The molecule has 2 aromatic heterocycles. The summed E-state index contributed by atoms with van der Waals surface area (Å²) in [5, 5.41) is 7.30. The van der Waals surface area contributed by atoms with E-state index in [9.17, 15) is 0 Å². The number of hydrogen-bond acceptors (Lipinski definition) is 7. The van der Waals surface area contributed by atoms with Gasteiger partial charge < -0.3 is 5.32 Å². The van der Waals surface area contributed by atoms with E-state index in [1.807, 2.05) is 0 Å². The van der Waals surface area contributed by atoms with Crippen molar-refractivity contribution in [1.29, 1.82) is 0 Å². The summed E-state index contributed by atoms with van der Waals surface area (Å²) in [6, 6.07) is 1.80. The minimum Gasteiger partial charge on any atom is -0.354 e. The van der Waals surface area contributed by atoms with Crippen LogP contribution < -0.4 is 16.6 Å². The minimum atomic E-state index is 0.296. The third kappa shape index (κ3) is 3.41. The molecule has 8 heteroatoms. The van der Waals surface area contributed by atoms with E-state index in [1.165, 1.54) is 0 Å². The summed E-state index contributed by atoms with van der Waals surface area (Å²) in [6.45, 7) is 7.32. The van der Waals surface area contributed by atoms with E-state index in [1.54, 1.807) is 23.1 Å². The third-order valence-corrected chi connectivity index (χ3v) is 3.18. The van der Waals surface area contributed by atoms with E-state index in [0.717, 1.165) is 6.54 Å². The number of anilines is 2. The second-order valence-corrected chi connectivity index (χ2v) is 4.98. The van der Waals surface area contributed by atoms with E-state index < -0.39 is 0 Å². The number of nitrogen functional groups attached to an aromatic ring is 1. The Labute approximate surface area is 117 Å². The van der Waals surface area contributed by atoms with Crippen molar-refractivity contribution in [2.45, 2.75) is 20.8 Å². The molecule has 0 amide bonds. The van der Waals surface area contributed by atoms with Gasteiger partial charge in [0, 0.05) is 18.9 Å². The topological polar surface area (TPSA) is 107 Å². The van der Waals surface area contributed by atoms with Crippen LogP contribution in [-0.2, 0) is 0 Å². The summed E-state index contributed by atoms with van der Waals surface area (Å²) in [4.78, 5) is 12.7. The molecule has 0 aliphatic heterocycles. The number of hydrazine groups is 1. The Bertz CT molecular complexity index is 536. The van der Waals surface area contributed by atoms with Gasteiger partial charge in [-0.2, -0.15) is 20.1 Å². The molecule has 0 spiro atoms. The van der Waals surface area contributed by atoms with Crippen molar-refractivity contribution in [2.24, 2.45) is 17.7 Å². The first-order chi connectivity index (χ1) is 9.60. The highest BCUT2D eigenvalue weighted by molar-refractivity contribution is 5.36. The molecule has 0 aromatic carbocycles. The first kappa shape index (κ1) is 14.2.